The van der Waals surface area contributed by atoms with Crippen LogP contribution in [0.5, 0.6) is 0 Å². The second kappa shape index (κ2) is 20.6. The van der Waals surface area contributed by atoms with Crippen LogP contribution in [0.15, 0.2) is 59.5 Å². The quantitative estimate of drug-likeness (QED) is 0.144. The maximum Gasteiger partial charge on any atom is 0.264 e. The largest absolute Gasteiger partial charge is 0.399 e. The van der Waals surface area contributed by atoms with Crippen LogP contribution in [0.1, 0.15) is 79.7 Å². The predicted octanol–water partition coefficient (Wildman–Crippen LogP) is 3.70. The molecule has 15 heteroatoms. The highest BCUT2D eigenvalue weighted by molar-refractivity contribution is 7.90. The number of hydrogen-bond acceptors (Lipinski definition) is 10. The fourth-order valence-electron chi connectivity index (χ4n) is 8.06. The molecule has 14 nitrogen and oxygen atoms in total. The summed E-state index contributed by atoms with van der Waals surface area (Å²) < 4.78 is 39.9. The number of nitrogens with two attached hydrogens (primary N) is 1. The first-order valence-electron chi connectivity index (χ1n) is 19.8. The third kappa shape index (κ3) is 11.3. The minimum Gasteiger partial charge on any atom is -0.399 e. The molecular weight excluding hydrogens is 749 g/mol. The highest BCUT2D eigenvalue weighted by atomic mass is 32.2. The molecule has 1 aliphatic rings. The molecule has 318 valence electrons. The van der Waals surface area contributed by atoms with Gasteiger partial charge in [0.1, 0.15) is 6.04 Å². The predicted molar refractivity (Wildman–Crippen MR) is 221 cm³/mol. The Morgan fingerprint density at radius 2 is 1.58 bits per heavy atom. The van der Waals surface area contributed by atoms with E-state index in [2.05, 4.69) is 15.4 Å². The van der Waals surface area contributed by atoms with Crippen molar-refractivity contribution in [2.24, 2.45) is 17.8 Å². The Hall–Kier alpha value is -4.05. The van der Waals surface area contributed by atoms with Gasteiger partial charge in [-0.2, -0.15) is 0 Å². The molecule has 1 heterocycles. The molecule has 1 aliphatic heterocycles. The highest BCUT2D eigenvalue weighted by Crippen LogP contribution is 2.31. The SMILES string of the molecule is CC[C@H](C)[C@@H]([C@@H](CC(=O)N1CCC[C@H]1[C@H](OC)[C@@H](C)C(=O)NS(=O)(=O)c1ccc(N)cc1)OC)N(C)C(=O)C(NC(=O)[C@@H](NC)C(C)(C)c1ccccc1)C(C)C. The number of methoxy groups -OCH3 is 2. The van der Waals surface area contributed by atoms with Crippen molar-refractivity contribution in [3.63, 3.8) is 0 Å². The smallest absolute Gasteiger partial charge is 0.264 e. The molecule has 0 saturated carbocycles. The number of anilines is 1. The molecule has 4 amide bonds. The number of amides is 4. The average molecular weight is 815 g/mol. The first kappa shape index (κ1) is 47.3. The highest BCUT2D eigenvalue weighted by Gasteiger charge is 2.44. The molecule has 2 aromatic carbocycles. The molecule has 1 unspecified atom stereocenters. The van der Waals surface area contributed by atoms with E-state index in [0.717, 1.165) is 5.56 Å². The maximum absolute atomic E-state index is 14.4. The minimum atomic E-state index is -4.18. The van der Waals surface area contributed by atoms with Crippen LogP contribution in [-0.4, -0.2) is 113 Å². The number of nitrogens with one attached hydrogen (secondary N) is 3. The molecule has 3 rings (SSSR count). The van der Waals surface area contributed by atoms with Crippen LogP contribution in [0, 0.1) is 17.8 Å². The Labute approximate surface area is 340 Å². The molecule has 0 aromatic heterocycles. The van der Waals surface area contributed by atoms with Crippen molar-refractivity contribution in [1.82, 2.24) is 25.2 Å². The van der Waals surface area contributed by atoms with Crippen LogP contribution in [0.25, 0.3) is 0 Å². The molecule has 0 radical (unpaired) electrons. The lowest BCUT2D eigenvalue weighted by molar-refractivity contribution is -0.147. The Morgan fingerprint density at radius 1 is 0.965 bits per heavy atom. The van der Waals surface area contributed by atoms with Crippen LogP contribution >= 0.6 is 0 Å². The number of hydrogen-bond donors (Lipinski definition) is 4. The number of likely N-dealkylation sites (N-methyl/N-ethyl adjacent to an activating group) is 2. The van der Waals surface area contributed by atoms with Gasteiger partial charge in [0.25, 0.3) is 10.0 Å². The molecule has 1 saturated heterocycles. The zero-order valence-corrected chi connectivity index (χ0v) is 36.4. The Balaban J connectivity index is 1.81. The van der Waals surface area contributed by atoms with Gasteiger partial charge in [-0.1, -0.05) is 85.2 Å². The molecule has 0 aliphatic carbocycles. The van der Waals surface area contributed by atoms with E-state index in [4.69, 9.17) is 15.2 Å². The fourth-order valence-corrected chi connectivity index (χ4v) is 9.12. The summed E-state index contributed by atoms with van der Waals surface area (Å²) in [4.78, 5) is 59.1. The number of ether oxygens (including phenoxy) is 2. The monoisotopic (exact) mass is 814 g/mol. The average Bonchev–Trinajstić information content (AvgIpc) is 3.66. The summed E-state index contributed by atoms with van der Waals surface area (Å²) in [6.07, 6.45) is 0.309. The number of carbonyl (C=O) groups excluding carboxylic acids is 4. The minimum absolute atomic E-state index is 0.0616. The zero-order valence-electron chi connectivity index (χ0n) is 35.6. The maximum atomic E-state index is 14.4. The molecule has 0 bridgehead atoms. The van der Waals surface area contributed by atoms with Gasteiger partial charge in [0.2, 0.25) is 23.6 Å². The van der Waals surface area contributed by atoms with Gasteiger partial charge in [-0.3, -0.25) is 19.2 Å². The lowest BCUT2D eigenvalue weighted by Crippen LogP contribution is -2.61. The van der Waals surface area contributed by atoms with Gasteiger partial charge in [-0.05, 0) is 61.6 Å². The first-order valence-corrected chi connectivity index (χ1v) is 21.3. The fraction of sp³-hybridized carbons (Fsp3) is 0.619. The van der Waals surface area contributed by atoms with E-state index in [1.165, 1.54) is 38.5 Å². The standard InChI is InChI=1S/C42H66N6O8S/c1-12-27(4)36(47(9)41(52)35(26(2)3)45-40(51)38(44-8)42(6,7)29-17-14-13-15-18-29)33(55-10)25-34(49)48-24-16-19-32(48)37(56-11)28(5)39(50)46-57(53,54)31-22-20-30(43)21-23-31/h13-15,17-18,20-23,26-28,32-33,35-38,44H,12,16,19,24-25,43H2,1-11H3,(H,45,51)(H,46,50)/t27-,28+,32-,33+,35?,36-,37+,38+/m0/s1. The molecule has 1 fully saturated rings. The number of nitrogen functional groups attached to an aromatic ring is 1. The Bertz CT molecular complexity index is 1760. The molecule has 0 spiro atoms. The number of carbonyl (C=O) groups is 4. The summed E-state index contributed by atoms with van der Waals surface area (Å²) in [5.74, 6) is -2.87. The number of rotatable bonds is 20. The van der Waals surface area contributed by atoms with Crippen molar-refractivity contribution >= 4 is 39.3 Å². The van der Waals surface area contributed by atoms with Crippen LogP contribution in [0.4, 0.5) is 5.69 Å². The second-order valence-corrected chi connectivity index (χ2v) is 17.9. The summed E-state index contributed by atoms with van der Waals surface area (Å²) in [6.45, 7) is 13.8. The van der Waals surface area contributed by atoms with E-state index in [0.29, 0.717) is 31.5 Å². The summed E-state index contributed by atoms with van der Waals surface area (Å²) in [6, 6.07) is 12.7. The van der Waals surface area contributed by atoms with Gasteiger partial charge in [0.15, 0.2) is 0 Å². The lowest BCUT2D eigenvalue weighted by atomic mass is 9.77. The number of sulfonamides is 1. The van der Waals surface area contributed by atoms with Gasteiger partial charge < -0.3 is 35.6 Å². The van der Waals surface area contributed by atoms with E-state index < -0.39 is 63.6 Å². The normalized spacial score (nSPS) is 18.5. The van der Waals surface area contributed by atoms with Crippen molar-refractivity contribution in [3.8, 4) is 0 Å². The van der Waals surface area contributed by atoms with Crippen LogP contribution < -0.4 is 21.1 Å². The van der Waals surface area contributed by atoms with Crippen LogP contribution in [-0.2, 0) is 44.1 Å². The lowest BCUT2D eigenvalue weighted by Gasteiger charge is -2.41. The van der Waals surface area contributed by atoms with Gasteiger partial charge in [-0.25, -0.2) is 13.1 Å². The Kier molecular flexibility index (Phi) is 17.1. The number of nitrogens with zero attached hydrogens (tertiary/aromatic N) is 2. The van der Waals surface area contributed by atoms with E-state index in [9.17, 15) is 27.6 Å². The summed E-state index contributed by atoms with van der Waals surface area (Å²) in [5, 5.41) is 6.22. The van der Waals surface area contributed by atoms with E-state index >= 15 is 0 Å². The summed E-state index contributed by atoms with van der Waals surface area (Å²) in [5.41, 5.74) is 6.46. The number of likely N-dealkylation sites (tertiary alicyclic amines) is 1. The summed E-state index contributed by atoms with van der Waals surface area (Å²) in [7, 11) is 2.20. The van der Waals surface area contributed by atoms with Crippen molar-refractivity contribution in [2.75, 3.05) is 40.6 Å². The summed E-state index contributed by atoms with van der Waals surface area (Å²) >= 11 is 0. The van der Waals surface area contributed by atoms with E-state index in [1.807, 2.05) is 71.9 Å². The van der Waals surface area contributed by atoms with Gasteiger partial charge in [0, 0.05) is 38.9 Å². The molecule has 5 N–H and O–H groups in total. The van der Waals surface area contributed by atoms with Gasteiger partial charge in [-0.15, -0.1) is 0 Å². The van der Waals surface area contributed by atoms with Gasteiger partial charge >= 0.3 is 0 Å². The van der Waals surface area contributed by atoms with E-state index in [-0.39, 0.29) is 40.9 Å². The topological polar surface area (TPSA) is 189 Å². The molecule has 8 atom stereocenters. The molecular formula is C42H66N6O8S. The number of benzene rings is 2. The second-order valence-electron chi connectivity index (χ2n) is 16.2. The third-order valence-corrected chi connectivity index (χ3v) is 13.1. The van der Waals surface area contributed by atoms with Crippen LogP contribution in [0.2, 0.25) is 0 Å². The molecule has 57 heavy (non-hydrogen) atoms. The van der Waals surface area contributed by atoms with Gasteiger partial charge in [0.05, 0.1) is 47.6 Å². The van der Waals surface area contributed by atoms with Crippen LogP contribution in [0.3, 0.4) is 0 Å². The Morgan fingerprint density at radius 3 is 2.11 bits per heavy atom. The third-order valence-electron chi connectivity index (χ3n) is 11.7. The van der Waals surface area contributed by atoms with E-state index in [1.54, 1.807) is 30.8 Å². The van der Waals surface area contributed by atoms with Crippen molar-refractivity contribution in [1.29, 1.82) is 0 Å². The molecule has 2 aromatic rings. The van der Waals surface area contributed by atoms with Crippen molar-refractivity contribution in [2.45, 2.75) is 121 Å². The zero-order chi connectivity index (χ0) is 42.8. The first-order chi connectivity index (χ1) is 26.8. The van der Waals surface area contributed by atoms with Crippen molar-refractivity contribution in [3.05, 3.63) is 60.2 Å². The van der Waals surface area contributed by atoms with Crippen molar-refractivity contribution < 1.29 is 37.1 Å².